The number of unbranched alkanes of at least 4 members (excludes halogenated alkanes) is 1. The smallest absolute Gasteiger partial charge is 0.295 e. The number of rotatable bonds is 5. The number of likely N-dealkylation sites (tertiary alicyclic amines) is 1. The van der Waals surface area contributed by atoms with Gasteiger partial charge in [-0.15, -0.1) is 0 Å². The summed E-state index contributed by atoms with van der Waals surface area (Å²) in [6.45, 7) is 3.40. The van der Waals surface area contributed by atoms with Crippen LogP contribution in [0.1, 0.15) is 36.9 Å². The molecule has 1 unspecified atom stereocenters. The van der Waals surface area contributed by atoms with Crippen LogP contribution in [0.2, 0.25) is 0 Å². The fourth-order valence-corrected chi connectivity index (χ4v) is 4.22. The van der Waals surface area contributed by atoms with Crippen molar-refractivity contribution in [1.82, 2.24) is 4.90 Å². The van der Waals surface area contributed by atoms with E-state index in [1.807, 2.05) is 6.92 Å². The number of aliphatic hydroxyl groups excluding tert-OH is 1. The number of amides is 1. The van der Waals surface area contributed by atoms with Gasteiger partial charge in [-0.2, -0.15) is 0 Å². The van der Waals surface area contributed by atoms with E-state index >= 15 is 0 Å². The minimum Gasteiger partial charge on any atom is -0.507 e. The molecule has 1 saturated heterocycles. The summed E-state index contributed by atoms with van der Waals surface area (Å²) in [6, 6.07) is 9.53. The molecule has 0 aromatic heterocycles. The number of fused-ring (bicyclic) bond motifs is 2. The molecule has 3 aliphatic rings. The molecule has 166 valence electrons. The molecule has 0 spiro atoms. The van der Waals surface area contributed by atoms with Crippen LogP contribution in [0.3, 0.4) is 0 Å². The molecule has 0 aliphatic carbocycles. The first-order valence-corrected chi connectivity index (χ1v) is 10.7. The molecule has 8 nitrogen and oxygen atoms in total. The predicted octanol–water partition coefficient (Wildman–Crippen LogP) is 3.41. The number of hydrogen-bond acceptors (Lipinski definition) is 7. The number of ketones is 1. The van der Waals surface area contributed by atoms with Gasteiger partial charge >= 0.3 is 0 Å². The average Bonchev–Trinajstić information content (AvgIpc) is 3.39. The highest BCUT2D eigenvalue weighted by Gasteiger charge is 2.46. The minimum atomic E-state index is -0.734. The number of Topliss-reactive ketones (excluding diaryl/α,β-unsaturated/α-hetero) is 1. The van der Waals surface area contributed by atoms with Gasteiger partial charge in [-0.25, -0.2) is 0 Å². The number of hydrogen-bond donors (Lipinski definition) is 1. The van der Waals surface area contributed by atoms with Crippen molar-refractivity contribution in [3.05, 3.63) is 53.1 Å². The zero-order chi connectivity index (χ0) is 22.2. The highest BCUT2D eigenvalue weighted by molar-refractivity contribution is 6.46. The van der Waals surface area contributed by atoms with Gasteiger partial charge in [-0.3, -0.25) is 9.59 Å². The molecule has 5 rings (SSSR count). The Balaban J connectivity index is 1.63. The minimum absolute atomic E-state index is 0.0432. The summed E-state index contributed by atoms with van der Waals surface area (Å²) in [4.78, 5) is 27.6. The molecule has 8 heteroatoms. The fraction of sp³-hybridized carbons (Fsp3) is 0.333. The largest absolute Gasteiger partial charge is 0.507 e. The zero-order valence-electron chi connectivity index (χ0n) is 17.6. The first-order valence-electron chi connectivity index (χ1n) is 10.7. The van der Waals surface area contributed by atoms with E-state index in [4.69, 9.17) is 18.9 Å². The predicted molar refractivity (Wildman–Crippen MR) is 114 cm³/mol. The van der Waals surface area contributed by atoms with Crippen molar-refractivity contribution in [2.75, 3.05) is 26.6 Å². The molecule has 2 aromatic rings. The quantitative estimate of drug-likeness (QED) is 0.435. The first kappa shape index (κ1) is 20.2. The Labute approximate surface area is 184 Å². The molecular formula is C24H23NO7. The normalized spacial score (nSPS) is 20.7. The Morgan fingerprint density at radius 3 is 2.47 bits per heavy atom. The van der Waals surface area contributed by atoms with E-state index in [2.05, 4.69) is 0 Å². The van der Waals surface area contributed by atoms with Gasteiger partial charge in [0, 0.05) is 12.1 Å². The topological polar surface area (TPSA) is 94.5 Å². The third-order valence-electron chi connectivity index (χ3n) is 5.82. The Kier molecular flexibility index (Phi) is 5.13. The Morgan fingerprint density at radius 2 is 1.66 bits per heavy atom. The molecule has 1 amide bonds. The van der Waals surface area contributed by atoms with Gasteiger partial charge in [0.05, 0.1) is 11.6 Å². The molecule has 2 aromatic carbocycles. The first-order chi connectivity index (χ1) is 15.6. The number of carbonyl (C=O) groups excluding carboxylic acids is 2. The summed E-state index contributed by atoms with van der Waals surface area (Å²) in [7, 11) is 0. The number of benzene rings is 2. The van der Waals surface area contributed by atoms with Crippen LogP contribution in [0.25, 0.3) is 5.76 Å². The Bertz CT molecular complexity index is 1120. The molecular weight excluding hydrogens is 414 g/mol. The van der Waals surface area contributed by atoms with E-state index in [9.17, 15) is 14.7 Å². The van der Waals surface area contributed by atoms with Crippen LogP contribution in [0.4, 0.5) is 0 Å². The SMILES string of the molecule is CCCCN1C(=O)C(=O)/C(=C(\O)c2ccc3c(c2)OCO3)C1c1ccc2c(c1)OCCO2. The molecule has 3 heterocycles. The Hall–Kier alpha value is -3.68. The van der Waals surface area contributed by atoms with Gasteiger partial charge in [0.25, 0.3) is 11.7 Å². The summed E-state index contributed by atoms with van der Waals surface area (Å²) < 4.78 is 22.0. The lowest BCUT2D eigenvalue weighted by Gasteiger charge is -2.27. The van der Waals surface area contributed by atoms with Crippen molar-refractivity contribution in [2.24, 2.45) is 0 Å². The van der Waals surface area contributed by atoms with Crippen LogP contribution in [-0.4, -0.2) is 48.2 Å². The van der Waals surface area contributed by atoms with Crippen LogP contribution < -0.4 is 18.9 Å². The maximum Gasteiger partial charge on any atom is 0.295 e. The van der Waals surface area contributed by atoms with Gasteiger partial charge in [0.15, 0.2) is 23.0 Å². The third-order valence-corrected chi connectivity index (χ3v) is 5.82. The van der Waals surface area contributed by atoms with Gasteiger partial charge in [-0.1, -0.05) is 19.4 Å². The number of carbonyl (C=O) groups is 2. The monoisotopic (exact) mass is 437 g/mol. The van der Waals surface area contributed by atoms with Crippen molar-refractivity contribution in [3.8, 4) is 23.0 Å². The Morgan fingerprint density at radius 1 is 0.969 bits per heavy atom. The summed E-state index contributed by atoms with van der Waals surface area (Å²) in [5, 5.41) is 11.2. The summed E-state index contributed by atoms with van der Waals surface area (Å²) >= 11 is 0. The summed E-state index contributed by atoms with van der Waals surface area (Å²) in [6.07, 6.45) is 1.59. The van der Waals surface area contributed by atoms with Crippen molar-refractivity contribution in [2.45, 2.75) is 25.8 Å². The van der Waals surface area contributed by atoms with Gasteiger partial charge < -0.3 is 29.0 Å². The standard InChI is InChI=1S/C24H23NO7/c1-2-3-8-25-21(14-4-6-16-18(11-14)30-10-9-29-16)20(23(27)24(25)28)22(26)15-5-7-17-19(12-15)32-13-31-17/h4-7,11-12,21,26H,2-3,8-10,13H2,1H3/b22-20-. The molecule has 32 heavy (non-hydrogen) atoms. The van der Waals surface area contributed by atoms with Gasteiger partial charge in [0.1, 0.15) is 19.0 Å². The summed E-state index contributed by atoms with van der Waals surface area (Å²) in [5.74, 6) is 0.620. The van der Waals surface area contributed by atoms with Crippen molar-refractivity contribution in [1.29, 1.82) is 0 Å². The van der Waals surface area contributed by atoms with Crippen molar-refractivity contribution >= 4 is 17.4 Å². The molecule has 0 saturated carbocycles. The average molecular weight is 437 g/mol. The lowest BCUT2D eigenvalue weighted by Crippen LogP contribution is -2.30. The second-order valence-electron chi connectivity index (χ2n) is 7.82. The maximum absolute atomic E-state index is 13.1. The number of ether oxygens (including phenoxy) is 4. The second kappa shape index (κ2) is 8.11. The molecule has 3 aliphatic heterocycles. The van der Waals surface area contributed by atoms with Crippen LogP contribution in [0.5, 0.6) is 23.0 Å². The van der Waals surface area contributed by atoms with E-state index in [-0.39, 0.29) is 18.1 Å². The summed E-state index contributed by atoms with van der Waals surface area (Å²) in [5.41, 5.74) is 1.10. The van der Waals surface area contributed by atoms with E-state index in [0.29, 0.717) is 53.9 Å². The van der Waals surface area contributed by atoms with Gasteiger partial charge in [0.2, 0.25) is 6.79 Å². The second-order valence-corrected chi connectivity index (χ2v) is 7.82. The van der Waals surface area contributed by atoms with Crippen LogP contribution in [0.15, 0.2) is 42.0 Å². The lowest BCUT2D eigenvalue weighted by atomic mass is 9.94. The fourth-order valence-electron chi connectivity index (χ4n) is 4.22. The molecule has 1 N–H and O–H groups in total. The lowest BCUT2D eigenvalue weighted by molar-refractivity contribution is -0.139. The van der Waals surface area contributed by atoms with Crippen LogP contribution in [-0.2, 0) is 9.59 Å². The van der Waals surface area contributed by atoms with Crippen molar-refractivity contribution in [3.63, 3.8) is 0 Å². The highest BCUT2D eigenvalue weighted by atomic mass is 16.7. The van der Waals surface area contributed by atoms with E-state index in [1.54, 1.807) is 36.4 Å². The molecule has 0 bridgehead atoms. The van der Waals surface area contributed by atoms with E-state index in [1.165, 1.54) is 4.90 Å². The van der Waals surface area contributed by atoms with E-state index < -0.39 is 17.7 Å². The molecule has 1 atom stereocenters. The highest BCUT2D eigenvalue weighted by Crippen LogP contribution is 2.43. The maximum atomic E-state index is 13.1. The molecule has 0 radical (unpaired) electrons. The van der Waals surface area contributed by atoms with Crippen LogP contribution >= 0.6 is 0 Å². The van der Waals surface area contributed by atoms with E-state index in [0.717, 1.165) is 12.8 Å². The zero-order valence-corrected chi connectivity index (χ0v) is 17.6. The number of aliphatic hydroxyl groups is 1. The molecule has 1 fully saturated rings. The third kappa shape index (κ3) is 3.32. The van der Waals surface area contributed by atoms with Gasteiger partial charge in [-0.05, 0) is 42.3 Å². The van der Waals surface area contributed by atoms with Crippen LogP contribution in [0, 0.1) is 0 Å². The van der Waals surface area contributed by atoms with Crippen molar-refractivity contribution < 1.29 is 33.6 Å². The number of nitrogens with zero attached hydrogens (tertiary/aromatic N) is 1.